The number of esters is 1. The van der Waals surface area contributed by atoms with E-state index in [-0.39, 0.29) is 22.9 Å². The Hall–Kier alpha value is -1.57. The van der Waals surface area contributed by atoms with E-state index in [0.717, 1.165) is 24.2 Å². The van der Waals surface area contributed by atoms with Gasteiger partial charge in [-0.1, -0.05) is 85.2 Å². The van der Waals surface area contributed by atoms with Crippen molar-refractivity contribution in [1.29, 1.82) is 0 Å². The quantitative estimate of drug-likeness (QED) is 0.281. The van der Waals surface area contributed by atoms with Gasteiger partial charge >= 0.3 is 5.97 Å². The van der Waals surface area contributed by atoms with E-state index < -0.39 is 0 Å². The Morgan fingerprint density at radius 1 is 0.821 bits per heavy atom. The Bertz CT molecular complexity index is 1150. The average Bonchev–Trinajstić information content (AvgIpc) is 2.89. The van der Waals surface area contributed by atoms with Gasteiger partial charge < -0.3 is 4.74 Å². The summed E-state index contributed by atoms with van der Waals surface area (Å²) >= 11 is 0. The highest BCUT2D eigenvalue weighted by molar-refractivity contribution is 5.89. The molecule has 2 nitrogen and oxygen atoms in total. The van der Waals surface area contributed by atoms with Gasteiger partial charge in [0.2, 0.25) is 0 Å². The second-order valence-corrected chi connectivity index (χ2v) is 16.4. The molecular weight excluding hydrogens is 476 g/mol. The van der Waals surface area contributed by atoms with Crippen molar-refractivity contribution in [2.24, 2.45) is 56.7 Å². The Kier molecular flexibility index (Phi) is 6.34. The highest BCUT2D eigenvalue weighted by Gasteiger charge is 2.68. The fourth-order valence-corrected chi connectivity index (χ4v) is 11.8. The molecule has 39 heavy (non-hydrogen) atoms. The van der Waals surface area contributed by atoms with Crippen molar-refractivity contribution in [1.82, 2.24) is 0 Å². The molecule has 4 saturated carbocycles. The highest BCUT2D eigenvalue weighted by atomic mass is 16.5. The van der Waals surface area contributed by atoms with Crippen molar-refractivity contribution in [2.75, 3.05) is 0 Å². The fourth-order valence-electron chi connectivity index (χ4n) is 11.8. The number of rotatable bonds is 2. The maximum atomic E-state index is 13.1. The summed E-state index contributed by atoms with van der Waals surface area (Å²) < 4.78 is 6.29. The molecule has 5 aliphatic carbocycles. The van der Waals surface area contributed by atoms with Crippen LogP contribution in [-0.2, 0) is 4.74 Å². The molecule has 0 spiro atoms. The Balaban J connectivity index is 1.31. The third-order valence-corrected chi connectivity index (χ3v) is 14.6. The van der Waals surface area contributed by atoms with E-state index in [1.54, 1.807) is 0 Å². The Morgan fingerprint density at radius 3 is 2.26 bits per heavy atom. The molecule has 0 N–H and O–H groups in total. The molecule has 4 fully saturated rings. The average molecular weight is 531 g/mol. The van der Waals surface area contributed by atoms with Crippen molar-refractivity contribution < 1.29 is 9.53 Å². The summed E-state index contributed by atoms with van der Waals surface area (Å²) in [6, 6.07) is 9.57. The minimum Gasteiger partial charge on any atom is -0.458 e. The predicted molar refractivity (Wildman–Crippen MR) is 160 cm³/mol. The molecule has 0 aromatic heterocycles. The number of hydrogen-bond acceptors (Lipinski definition) is 2. The molecule has 1 aromatic carbocycles. The van der Waals surface area contributed by atoms with Crippen LogP contribution in [-0.4, -0.2) is 12.1 Å². The number of carbonyl (C=O) groups excluding carboxylic acids is 1. The van der Waals surface area contributed by atoms with Crippen LogP contribution in [0, 0.1) is 56.7 Å². The van der Waals surface area contributed by atoms with Crippen molar-refractivity contribution >= 4 is 5.97 Å². The van der Waals surface area contributed by atoms with E-state index in [9.17, 15) is 4.79 Å². The van der Waals surface area contributed by atoms with Crippen LogP contribution in [0.1, 0.15) is 124 Å². The summed E-state index contributed by atoms with van der Waals surface area (Å²) in [5.74, 6) is 3.49. The van der Waals surface area contributed by atoms with Crippen molar-refractivity contribution in [3.05, 3.63) is 47.5 Å². The van der Waals surface area contributed by atoms with Crippen molar-refractivity contribution in [2.45, 2.75) is 119 Å². The number of fused-ring (bicyclic) bond motifs is 7. The predicted octanol–water partition coefficient (Wildman–Crippen LogP) is 9.89. The molecular formula is C37H54O2. The van der Waals surface area contributed by atoms with Crippen LogP contribution in [0.3, 0.4) is 0 Å². The summed E-state index contributed by atoms with van der Waals surface area (Å²) in [4.78, 5) is 13.1. The van der Waals surface area contributed by atoms with Gasteiger partial charge in [0, 0.05) is 5.41 Å². The summed E-state index contributed by atoms with van der Waals surface area (Å²) in [5, 5.41) is 0. The van der Waals surface area contributed by atoms with Gasteiger partial charge in [-0.3, -0.25) is 0 Å². The zero-order valence-corrected chi connectivity index (χ0v) is 26.1. The van der Waals surface area contributed by atoms with E-state index in [0.29, 0.717) is 33.6 Å². The topological polar surface area (TPSA) is 26.3 Å². The lowest BCUT2D eigenvalue weighted by atomic mass is 9.33. The molecule has 0 heterocycles. The number of allylic oxidation sites excluding steroid dienone is 2. The van der Waals surface area contributed by atoms with Crippen molar-refractivity contribution in [3.63, 3.8) is 0 Å². The largest absolute Gasteiger partial charge is 0.458 e. The van der Waals surface area contributed by atoms with Gasteiger partial charge in [0.15, 0.2) is 0 Å². The molecule has 6 rings (SSSR count). The van der Waals surface area contributed by atoms with Gasteiger partial charge in [-0.2, -0.15) is 0 Å². The number of benzene rings is 1. The second-order valence-electron chi connectivity index (χ2n) is 16.4. The SMILES string of the molecule is C[C@H]1[C@H](C)CC[C@@]2(C)CC[C@]3(C)C(=CC[C@@H]4[C@]5(C)CC[C@H](OC(=O)c6ccccc6)C(C)(C)[C@@H]5CC[C@]43C)[C@@H]12. The molecule has 5 aliphatic rings. The zero-order chi connectivity index (χ0) is 28.0. The number of hydrogen-bond donors (Lipinski definition) is 0. The third kappa shape index (κ3) is 3.74. The summed E-state index contributed by atoms with van der Waals surface area (Å²) in [6.07, 6.45) is 14.3. The van der Waals surface area contributed by atoms with Crippen LogP contribution < -0.4 is 0 Å². The van der Waals surface area contributed by atoms with E-state index in [1.165, 1.54) is 51.4 Å². The van der Waals surface area contributed by atoms with Gasteiger partial charge in [0.25, 0.3) is 0 Å². The summed E-state index contributed by atoms with van der Waals surface area (Å²) in [7, 11) is 0. The minimum atomic E-state index is -0.156. The third-order valence-electron chi connectivity index (χ3n) is 14.6. The first-order chi connectivity index (χ1) is 18.3. The molecule has 0 bridgehead atoms. The first kappa shape index (κ1) is 27.6. The normalized spacial score (nSPS) is 48.5. The molecule has 10 atom stereocenters. The number of ether oxygens (including phenoxy) is 1. The summed E-state index contributed by atoms with van der Waals surface area (Å²) in [5.41, 5.74) is 3.93. The van der Waals surface area contributed by atoms with Crippen molar-refractivity contribution in [3.8, 4) is 0 Å². The Labute approximate surface area is 238 Å². The summed E-state index contributed by atoms with van der Waals surface area (Å²) in [6.45, 7) is 20.6. The van der Waals surface area contributed by atoms with E-state index in [1.807, 2.05) is 35.9 Å². The maximum Gasteiger partial charge on any atom is 0.338 e. The van der Waals surface area contributed by atoms with Crippen LogP contribution in [0.2, 0.25) is 0 Å². The first-order valence-corrected chi connectivity index (χ1v) is 16.2. The zero-order valence-electron chi connectivity index (χ0n) is 26.1. The van der Waals surface area contributed by atoms with Crippen LogP contribution in [0.25, 0.3) is 0 Å². The molecule has 0 aliphatic heterocycles. The van der Waals surface area contributed by atoms with Gasteiger partial charge in [-0.25, -0.2) is 4.79 Å². The molecule has 0 saturated heterocycles. The highest BCUT2D eigenvalue weighted by Crippen LogP contribution is 2.75. The smallest absolute Gasteiger partial charge is 0.338 e. The van der Waals surface area contributed by atoms with Gasteiger partial charge in [-0.05, 0) is 121 Å². The molecule has 214 valence electrons. The molecule has 0 amide bonds. The molecule has 1 aromatic rings. The van der Waals surface area contributed by atoms with E-state index in [4.69, 9.17) is 4.74 Å². The van der Waals surface area contributed by atoms with Gasteiger partial charge in [0.1, 0.15) is 6.10 Å². The maximum absolute atomic E-state index is 13.1. The molecule has 0 radical (unpaired) electrons. The fraction of sp³-hybridized carbons (Fsp3) is 0.757. The van der Waals surface area contributed by atoms with E-state index in [2.05, 4.69) is 61.5 Å². The van der Waals surface area contributed by atoms with Crippen LogP contribution in [0.5, 0.6) is 0 Å². The Morgan fingerprint density at radius 2 is 1.54 bits per heavy atom. The van der Waals surface area contributed by atoms with Crippen LogP contribution in [0.4, 0.5) is 0 Å². The van der Waals surface area contributed by atoms with Crippen LogP contribution in [0.15, 0.2) is 42.0 Å². The molecule has 2 heteroatoms. The van der Waals surface area contributed by atoms with Gasteiger partial charge in [-0.15, -0.1) is 0 Å². The second kappa shape index (κ2) is 8.96. The standard InChI is InChI=1S/C37H54O2/c1-24-16-19-34(5)22-23-36(7)27(31(34)25(24)2)14-15-29-35(6)20-18-30(39-32(38)26-12-10-9-11-13-26)33(3,4)28(35)17-21-37(29,36)8/h9-14,24-25,28-31H,15-23H2,1-8H3/t24-,25+,28+,29-,30+,31-,34+,35-,36-,37-/m1/s1. The minimum absolute atomic E-state index is 0.0159. The molecule has 0 unspecified atom stereocenters. The van der Waals surface area contributed by atoms with Crippen LogP contribution >= 0.6 is 0 Å². The first-order valence-electron chi connectivity index (χ1n) is 16.2. The number of carbonyl (C=O) groups is 1. The lowest BCUT2D eigenvalue weighted by molar-refractivity contribution is -0.204. The van der Waals surface area contributed by atoms with E-state index >= 15 is 0 Å². The lowest BCUT2D eigenvalue weighted by Crippen LogP contribution is -2.65. The van der Waals surface area contributed by atoms with Gasteiger partial charge in [0.05, 0.1) is 5.56 Å². The monoisotopic (exact) mass is 530 g/mol. The lowest BCUT2D eigenvalue weighted by Gasteiger charge is -2.71.